The summed E-state index contributed by atoms with van der Waals surface area (Å²) in [6.45, 7) is 8.48. The van der Waals surface area contributed by atoms with Gasteiger partial charge in [0.15, 0.2) is 5.78 Å². The predicted molar refractivity (Wildman–Crippen MR) is 76.3 cm³/mol. The summed E-state index contributed by atoms with van der Waals surface area (Å²) in [5, 5.41) is 0. The zero-order valence-electron chi connectivity index (χ0n) is 11.4. The Hall–Kier alpha value is -0.700. The van der Waals surface area contributed by atoms with Gasteiger partial charge in [0.2, 0.25) is 0 Å². The molecule has 0 aliphatic rings. The molecule has 0 heterocycles. The minimum atomic E-state index is -0.439. The maximum Gasteiger partial charge on any atom is 0.166 e. The number of benzene rings is 1. The van der Waals surface area contributed by atoms with E-state index in [1.54, 1.807) is 12.1 Å². The van der Waals surface area contributed by atoms with Crippen LogP contribution in [0, 0.1) is 17.2 Å². The van der Waals surface area contributed by atoms with Crippen LogP contribution in [0.5, 0.6) is 0 Å². The first-order chi connectivity index (χ1) is 8.19. The van der Waals surface area contributed by atoms with Crippen molar-refractivity contribution in [3.63, 3.8) is 0 Å². The molecule has 1 nitrogen and oxygen atoms in total. The number of rotatable bonds is 4. The lowest BCUT2D eigenvalue weighted by molar-refractivity contribution is 0.0950. The molecule has 1 atom stereocenters. The van der Waals surface area contributed by atoms with Gasteiger partial charge in [-0.2, -0.15) is 0 Å². The SMILES string of the molecule is CC(CC(=O)c1cc(Br)ccc1F)CC(C)(C)C. The molecule has 0 fully saturated rings. The van der Waals surface area contributed by atoms with E-state index in [1.165, 1.54) is 6.07 Å². The highest BCUT2D eigenvalue weighted by molar-refractivity contribution is 9.10. The summed E-state index contributed by atoms with van der Waals surface area (Å²) in [4.78, 5) is 12.1. The van der Waals surface area contributed by atoms with Crippen molar-refractivity contribution in [3.05, 3.63) is 34.1 Å². The average Bonchev–Trinajstić information content (AvgIpc) is 2.18. The lowest BCUT2D eigenvalue weighted by Crippen LogP contribution is -2.15. The molecule has 3 heteroatoms. The van der Waals surface area contributed by atoms with Crippen LogP contribution in [0.1, 0.15) is 50.9 Å². The summed E-state index contributed by atoms with van der Waals surface area (Å²) in [6.07, 6.45) is 1.35. The molecule has 1 unspecified atom stereocenters. The Labute approximate surface area is 117 Å². The van der Waals surface area contributed by atoms with Crippen LogP contribution >= 0.6 is 15.9 Å². The van der Waals surface area contributed by atoms with Crippen LogP contribution in [0.15, 0.2) is 22.7 Å². The number of halogens is 2. The normalized spacial score (nSPS) is 13.4. The first kappa shape index (κ1) is 15.4. The standard InChI is InChI=1S/C15H20BrFO/c1-10(9-15(2,3)4)7-14(18)12-8-11(16)5-6-13(12)17/h5-6,8,10H,7,9H2,1-4H3. The molecular formula is C15H20BrFO. The molecule has 1 aromatic carbocycles. The van der Waals surface area contributed by atoms with Crippen molar-refractivity contribution < 1.29 is 9.18 Å². The predicted octanol–water partition coefficient (Wildman–Crippen LogP) is 5.23. The summed E-state index contributed by atoms with van der Waals surface area (Å²) in [5.41, 5.74) is 0.375. The number of hydrogen-bond donors (Lipinski definition) is 0. The minimum Gasteiger partial charge on any atom is -0.294 e. The van der Waals surface area contributed by atoms with Crippen LogP contribution < -0.4 is 0 Å². The molecule has 0 aromatic heterocycles. The number of Topliss-reactive ketones (excluding diaryl/α,β-unsaturated/α-hetero) is 1. The van der Waals surface area contributed by atoms with Crippen molar-refractivity contribution in [1.82, 2.24) is 0 Å². The van der Waals surface area contributed by atoms with E-state index in [2.05, 4.69) is 36.7 Å². The molecule has 0 aliphatic carbocycles. The molecule has 1 aromatic rings. The van der Waals surface area contributed by atoms with Gasteiger partial charge in [-0.3, -0.25) is 4.79 Å². The van der Waals surface area contributed by atoms with Gasteiger partial charge in [-0.05, 0) is 36.0 Å². The highest BCUT2D eigenvalue weighted by Gasteiger charge is 2.20. The molecule has 0 amide bonds. The van der Waals surface area contributed by atoms with Crippen molar-refractivity contribution in [2.45, 2.75) is 40.5 Å². The Morgan fingerprint density at radius 2 is 2.00 bits per heavy atom. The molecule has 0 radical (unpaired) electrons. The number of carbonyl (C=O) groups is 1. The molecule has 0 aliphatic heterocycles. The van der Waals surface area contributed by atoms with Gasteiger partial charge in [0, 0.05) is 10.9 Å². The topological polar surface area (TPSA) is 17.1 Å². The second-order valence-corrected chi connectivity index (χ2v) is 7.04. The number of hydrogen-bond acceptors (Lipinski definition) is 1. The third kappa shape index (κ3) is 4.89. The van der Waals surface area contributed by atoms with Gasteiger partial charge in [0.05, 0.1) is 5.56 Å². The van der Waals surface area contributed by atoms with Crippen molar-refractivity contribution in [2.24, 2.45) is 11.3 Å². The van der Waals surface area contributed by atoms with Crippen LogP contribution in [-0.2, 0) is 0 Å². The van der Waals surface area contributed by atoms with E-state index in [-0.39, 0.29) is 22.7 Å². The maximum atomic E-state index is 13.6. The van der Waals surface area contributed by atoms with Crippen LogP contribution in [0.3, 0.4) is 0 Å². The van der Waals surface area contributed by atoms with Crippen LogP contribution in [0.4, 0.5) is 4.39 Å². The Balaban J connectivity index is 2.74. The van der Waals surface area contributed by atoms with Gasteiger partial charge >= 0.3 is 0 Å². The van der Waals surface area contributed by atoms with Crippen molar-refractivity contribution in [2.75, 3.05) is 0 Å². The Morgan fingerprint density at radius 1 is 1.39 bits per heavy atom. The summed E-state index contributed by atoms with van der Waals surface area (Å²) >= 11 is 3.26. The van der Waals surface area contributed by atoms with Gasteiger partial charge in [-0.1, -0.05) is 43.6 Å². The molecule has 0 N–H and O–H groups in total. The van der Waals surface area contributed by atoms with E-state index in [0.29, 0.717) is 6.42 Å². The highest BCUT2D eigenvalue weighted by atomic mass is 79.9. The minimum absolute atomic E-state index is 0.120. The molecular weight excluding hydrogens is 295 g/mol. The number of carbonyl (C=O) groups excluding carboxylic acids is 1. The molecule has 100 valence electrons. The Bertz CT molecular complexity index is 435. The fraction of sp³-hybridized carbons (Fsp3) is 0.533. The van der Waals surface area contributed by atoms with E-state index < -0.39 is 5.82 Å². The van der Waals surface area contributed by atoms with Crippen molar-refractivity contribution >= 4 is 21.7 Å². The molecule has 0 saturated heterocycles. The van der Waals surface area contributed by atoms with E-state index >= 15 is 0 Å². The maximum absolute atomic E-state index is 13.6. The second kappa shape index (κ2) is 5.96. The molecule has 0 spiro atoms. The highest BCUT2D eigenvalue weighted by Crippen LogP contribution is 2.27. The van der Waals surface area contributed by atoms with E-state index in [4.69, 9.17) is 0 Å². The zero-order chi connectivity index (χ0) is 13.9. The van der Waals surface area contributed by atoms with Crippen LogP contribution in [0.2, 0.25) is 0 Å². The van der Waals surface area contributed by atoms with E-state index in [0.717, 1.165) is 10.9 Å². The summed E-state index contributed by atoms with van der Waals surface area (Å²) in [6, 6.07) is 4.48. The summed E-state index contributed by atoms with van der Waals surface area (Å²) in [7, 11) is 0. The monoisotopic (exact) mass is 314 g/mol. The fourth-order valence-corrected chi connectivity index (χ4v) is 2.62. The van der Waals surface area contributed by atoms with E-state index in [9.17, 15) is 9.18 Å². The van der Waals surface area contributed by atoms with Gasteiger partial charge in [0.25, 0.3) is 0 Å². The lowest BCUT2D eigenvalue weighted by atomic mass is 9.83. The first-order valence-corrected chi connectivity index (χ1v) is 6.96. The third-order valence-electron chi connectivity index (χ3n) is 2.72. The van der Waals surface area contributed by atoms with Gasteiger partial charge in [-0.15, -0.1) is 0 Å². The average molecular weight is 315 g/mol. The summed E-state index contributed by atoms with van der Waals surface area (Å²) in [5.74, 6) is -0.299. The second-order valence-electron chi connectivity index (χ2n) is 6.12. The van der Waals surface area contributed by atoms with Crippen LogP contribution in [0.25, 0.3) is 0 Å². The fourth-order valence-electron chi connectivity index (χ4n) is 2.26. The first-order valence-electron chi connectivity index (χ1n) is 6.17. The third-order valence-corrected chi connectivity index (χ3v) is 3.22. The molecule has 18 heavy (non-hydrogen) atoms. The zero-order valence-corrected chi connectivity index (χ0v) is 13.0. The van der Waals surface area contributed by atoms with Crippen molar-refractivity contribution in [1.29, 1.82) is 0 Å². The smallest absolute Gasteiger partial charge is 0.166 e. The molecule has 0 saturated carbocycles. The van der Waals surface area contributed by atoms with Crippen molar-refractivity contribution in [3.8, 4) is 0 Å². The molecule has 0 bridgehead atoms. The van der Waals surface area contributed by atoms with Gasteiger partial charge in [0.1, 0.15) is 5.82 Å². The number of ketones is 1. The Kier molecular flexibility index (Phi) is 5.09. The molecule has 1 rings (SSSR count). The summed E-state index contributed by atoms with van der Waals surface area (Å²) < 4.78 is 14.3. The van der Waals surface area contributed by atoms with Gasteiger partial charge in [-0.25, -0.2) is 4.39 Å². The largest absolute Gasteiger partial charge is 0.294 e. The van der Waals surface area contributed by atoms with Crippen LogP contribution in [-0.4, -0.2) is 5.78 Å². The van der Waals surface area contributed by atoms with Gasteiger partial charge < -0.3 is 0 Å². The van der Waals surface area contributed by atoms with E-state index in [1.807, 2.05) is 6.92 Å². The lowest BCUT2D eigenvalue weighted by Gasteiger charge is -2.22. The Morgan fingerprint density at radius 3 is 2.56 bits per heavy atom. The quantitative estimate of drug-likeness (QED) is 0.695.